The molecule has 162 valence electrons. The topological polar surface area (TPSA) is 72.3 Å². The first-order chi connectivity index (χ1) is 15.8. The molecule has 0 spiro atoms. The number of rotatable bonds is 6. The maximum absolute atomic E-state index is 12.7. The number of benzene rings is 2. The summed E-state index contributed by atoms with van der Waals surface area (Å²) >= 11 is 0. The number of amides is 1. The van der Waals surface area contributed by atoms with Crippen LogP contribution in [-0.2, 0) is 17.8 Å². The van der Waals surface area contributed by atoms with Crippen LogP contribution in [0.2, 0.25) is 0 Å². The summed E-state index contributed by atoms with van der Waals surface area (Å²) in [6.45, 7) is 4.64. The van der Waals surface area contributed by atoms with Gasteiger partial charge in [-0.2, -0.15) is 0 Å². The van der Waals surface area contributed by atoms with Crippen LogP contribution < -0.4 is 5.32 Å². The van der Waals surface area contributed by atoms with E-state index >= 15 is 0 Å². The van der Waals surface area contributed by atoms with Gasteiger partial charge in [0.1, 0.15) is 12.1 Å². The van der Waals surface area contributed by atoms with Gasteiger partial charge in [-0.05, 0) is 41.5 Å². The second kappa shape index (κ2) is 9.30. The summed E-state index contributed by atoms with van der Waals surface area (Å²) in [6.07, 6.45) is 3.57. The van der Waals surface area contributed by atoms with Crippen LogP contribution in [0, 0.1) is 0 Å². The van der Waals surface area contributed by atoms with E-state index in [0.717, 1.165) is 60.8 Å². The SMILES string of the molecule is O=C(NCc1ccc(-n2cnc3ccccc32)nc1)c1cccc(CN2CCOCC2)c1. The minimum atomic E-state index is -0.0847. The summed E-state index contributed by atoms with van der Waals surface area (Å²) in [7, 11) is 0. The Morgan fingerprint density at radius 2 is 1.84 bits per heavy atom. The lowest BCUT2D eigenvalue weighted by Gasteiger charge is -2.26. The van der Waals surface area contributed by atoms with Crippen LogP contribution in [0.3, 0.4) is 0 Å². The minimum Gasteiger partial charge on any atom is -0.379 e. The molecule has 1 fully saturated rings. The summed E-state index contributed by atoms with van der Waals surface area (Å²) in [5.74, 6) is 0.711. The van der Waals surface area contributed by atoms with E-state index in [0.29, 0.717) is 12.1 Å². The van der Waals surface area contributed by atoms with Crippen molar-refractivity contribution in [3.63, 3.8) is 0 Å². The average molecular weight is 428 g/mol. The predicted molar refractivity (Wildman–Crippen MR) is 123 cm³/mol. The molecule has 0 unspecified atom stereocenters. The van der Waals surface area contributed by atoms with Crippen molar-refractivity contribution in [2.45, 2.75) is 13.1 Å². The van der Waals surface area contributed by atoms with Crippen molar-refractivity contribution in [2.75, 3.05) is 26.3 Å². The van der Waals surface area contributed by atoms with Crippen molar-refractivity contribution in [2.24, 2.45) is 0 Å². The van der Waals surface area contributed by atoms with Crippen LogP contribution in [0.4, 0.5) is 0 Å². The van der Waals surface area contributed by atoms with Crippen LogP contribution in [0.5, 0.6) is 0 Å². The van der Waals surface area contributed by atoms with Gasteiger partial charge >= 0.3 is 0 Å². The standard InChI is InChI=1S/C25H25N5O2/c31-25(21-5-3-4-19(14-21)17-29-10-12-32-13-11-29)27-16-20-8-9-24(26-15-20)30-18-28-22-6-1-2-7-23(22)30/h1-9,14-15,18H,10-13,16-17H2,(H,27,31). The van der Waals surface area contributed by atoms with Gasteiger partial charge in [-0.1, -0.05) is 30.3 Å². The van der Waals surface area contributed by atoms with Gasteiger partial charge < -0.3 is 10.1 Å². The van der Waals surface area contributed by atoms with Crippen molar-refractivity contribution >= 4 is 16.9 Å². The number of nitrogens with one attached hydrogen (secondary N) is 1. The van der Waals surface area contributed by atoms with E-state index in [9.17, 15) is 4.79 Å². The van der Waals surface area contributed by atoms with Gasteiger partial charge in [-0.15, -0.1) is 0 Å². The molecule has 1 N–H and O–H groups in total. The van der Waals surface area contributed by atoms with Gasteiger partial charge in [0.15, 0.2) is 0 Å². The van der Waals surface area contributed by atoms with E-state index in [1.807, 2.05) is 59.2 Å². The monoisotopic (exact) mass is 427 g/mol. The molecule has 0 bridgehead atoms. The highest BCUT2D eigenvalue weighted by Gasteiger charge is 2.12. The summed E-state index contributed by atoms with van der Waals surface area (Å²) < 4.78 is 7.36. The second-order valence-corrected chi connectivity index (χ2v) is 7.90. The predicted octanol–water partition coefficient (Wildman–Crippen LogP) is 3.18. The Labute approximate surface area is 186 Å². The van der Waals surface area contributed by atoms with Crippen LogP contribution in [0.15, 0.2) is 73.2 Å². The molecule has 32 heavy (non-hydrogen) atoms. The highest BCUT2D eigenvalue weighted by Crippen LogP contribution is 2.16. The summed E-state index contributed by atoms with van der Waals surface area (Å²) in [4.78, 5) is 24.0. The van der Waals surface area contributed by atoms with Crippen LogP contribution in [0.25, 0.3) is 16.9 Å². The number of hydrogen-bond donors (Lipinski definition) is 1. The maximum atomic E-state index is 12.7. The van der Waals surface area contributed by atoms with Gasteiger partial charge in [0.05, 0.1) is 24.2 Å². The van der Waals surface area contributed by atoms with E-state index in [-0.39, 0.29) is 5.91 Å². The highest BCUT2D eigenvalue weighted by atomic mass is 16.5. The van der Waals surface area contributed by atoms with E-state index in [1.165, 1.54) is 0 Å². The van der Waals surface area contributed by atoms with E-state index in [2.05, 4.69) is 26.3 Å². The number of aromatic nitrogens is 3. The first-order valence-electron chi connectivity index (χ1n) is 10.8. The van der Waals surface area contributed by atoms with E-state index < -0.39 is 0 Å². The Kier molecular flexibility index (Phi) is 5.91. The van der Waals surface area contributed by atoms with Crippen molar-refractivity contribution in [1.82, 2.24) is 24.8 Å². The van der Waals surface area contributed by atoms with Crippen molar-refractivity contribution < 1.29 is 9.53 Å². The molecule has 2 aromatic carbocycles. The maximum Gasteiger partial charge on any atom is 0.251 e. The Hall–Kier alpha value is -3.55. The van der Waals surface area contributed by atoms with Gasteiger partial charge in [0, 0.05) is 37.9 Å². The number of carbonyl (C=O) groups is 1. The Balaban J connectivity index is 1.21. The number of fused-ring (bicyclic) bond motifs is 1. The molecule has 1 saturated heterocycles. The Morgan fingerprint density at radius 3 is 2.69 bits per heavy atom. The third kappa shape index (κ3) is 4.54. The molecule has 1 amide bonds. The molecule has 2 aromatic heterocycles. The van der Waals surface area contributed by atoms with E-state index in [1.54, 1.807) is 12.5 Å². The van der Waals surface area contributed by atoms with Crippen LogP contribution >= 0.6 is 0 Å². The summed E-state index contributed by atoms with van der Waals surface area (Å²) in [5, 5.41) is 3.00. The number of imidazole rings is 1. The average Bonchev–Trinajstić information content (AvgIpc) is 3.28. The third-order valence-corrected chi connectivity index (χ3v) is 5.66. The molecule has 7 heteroatoms. The number of nitrogens with zero attached hydrogens (tertiary/aromatic N) is 4. The minimum absolute atomic E-state index is 0.0847. The van der Waals surface area contributed by atoms with Crippen molar-refractivity contribution in [3.05, 3.63) is 89.9 Å². The first kappa shape index (κ1) is 20.4. The quantitative estimate of drug-likeness (QED) is 0.512. The molecule has 5 rings (SSSR count). The zero-order valence-electron chi connectivity index (χ0n) is 17.8. The zero-order valence-corrected chi connectivity index (χ0v) is 17.8. The zero-order chi connectivity index (χ0) is 21.8. The smallest absolute Gasteiger partial charge is 0.251 e. The molecule has 0 atom stereocenters. The molecule has 1 aliphatic rings. The fraction of sp³-hybridized carbons (Fsp3) is 0.240. The molecule has 7 nitrogen and oxygen atoms in total. The molecule has 4 aromatic rings. The second-order valence-electron chi connectivity index (χ2n) is 7.90. The number of pyridine rings is 1. The Bertz CT molecular complexity index is 1210. The van der Waals surface area contributed by atoms with Crippen molar-refractivity contribution in [1.29, 1.82) is 0 Å². The fourth-order valence-corrected chi connectivity index (χ4v) is 3.92. The first-order valence-corrected chi connectivity index (χ1v) is 10.8. The molecule has 0 radical (unpaired) electrons. The van der Waals surface area contributed by atoms with Gasteiger partial charge in [0.2, 0.25) is 0 Å². The molecular weight excluding hydrogens is 402 g/mol. The molecule has 1 aliphatic heterocycles. The molecule has 3 heterocycles. The molecular formula is C25H25N5O2. The lowest BCUT2D eigenvalue weighted by Crippen LogP contribution is -2.35. The van der Waals surface area contributed by atoms with Crippen LogP contribution in [0.1, 0.15) is 21.5 Å². The van der Waals surface area contributed by atoms with Gasteiger partial charge in [-0.25, -0.2) is 9.97 Å². The van der Waals surface area contributed by atoms with Gasteiger partial charge in [0.25, 0.3) is 5.91 Å². The number of carbonyl (C=O) groups excluding carboxylic acids is 1. The third-order valence-electron chi connectivity index (χ3n) is 5.66. The normalized spacial score (nSPS) is 14.5. The van der Waals surface area contributed by atoms with E-state index in [4.69, 9.17) is 4.74 Å². The number of morpholine rings is 1. The summed E-state index contributed by atoms with van der Waals surface area (Å²) in [5.41, 5.74) is 4.69. The molecule has 0 aliphatic carbocycles. The van der Waals surface area contributed by atoms with Crippen molar-refractivity contribution in [3.8, 4) is 5.82 Å². The Morgan fingerprint density at radius 1 is 0.969 bits per heavy atom. The largest absolute Gasteiger partial charge is 0.379 e. The summed E-state index contributed by atoms with van der Waals surface area (Å²) in [6, 6.07) is 19.7. The number of ether oxygens (including phenoxy) is 1. The lowest BCUT2D eigenvalue weighted by atomic mass is 10.1. The number of para-hydroxylation sites is 2. The molecule has 0 saturated carbocycles. The fourth-order valence-electron chi connectivity index (χ4n) is 3.92. The number of hydrogen-bond acceptors (Lipinski definition) is 5. The lowest BCUT2D eigenvalue weighted by molar-refractivity contribution is 0.0342. The highest BCUT2D eigenvalue weighted by molar-refractivity contribution is 5.94. The van der Waals surface area contributed by atoms with Gasteiger partial charge in [-0.3, -0.25) is 14.3 Å². The van der Waals surface area contributed by atoms with Crippen LogP contribution in [-0.4, -0.2) is 51.6 Å².